The highest BCUT2D eigenvalue weighted by molar-refractivity contribution is 9.10. The van der Waals surface area contributed by atoms with Gasteiger partial charge in [-0.2, -0.15) is 0 Å². The summed E-state index contributed by atoms with van der Waals surface area (Å²) in [7, 11) is 3.61. The average Bonchev–Trinajstić information content (AvgIpc) is 3.28. The summed E-state index contributed by atoms with van der Waals surface area (Å²) in [5.41, 5.74) is 9.87. The molecule has 0 aliphatic heterocycles. The molecule has 2 aliphatic rings. The lowest BCUT2D eigenvalue weighted by atomic mass is 9.83. The van der Waals surface area contributed by atoms with Crippen molar-refractivity contribution in [1.82, 2.24) is 0 Å². The number of halogens is 1. The van der Waals surface area contributed by atoms with Crippen molar-refractivity contribution in [1.29, 1.82) is 0 Å². The maximum absolute atomic E-state index is 9.30. The fourth-order valence-corrected chi connectivity index (χ4v) is 6.42. The number of ether oxygens (including phenoxy) is 2. The van der Waals surface area contributed by atoms with Crippen molar-refractivity contribution in [3.05, 3.63) is 67.7 Å². The molecule has 0 heterocycles. The molecule has 0 aromatic heterocycles. The van der Waals surface area contributed by atoms with E-state index >= 15 is 0 Å². The Kier molecular flexibility index (Phi) is 9.19. The highest BCUT2D eigenvalue weighted by Crippen LogP contribution is 2.44. The Bertz CT molecular complexity index is 1060. The summed E-state index contributed by atoms with van der Waals surface area (Å²) in [5, 5.41) is 9.30. The Morgan fingerprint density at radius 1 is 0.778 bits per heavy atom. The van der Waals surface area contributed by atoms with E-state index in [4.69, 9.17) is 9.47 Å². The van der Waals surface area contributed by atoms with Gasteiger partial charge in [0.1, 0.15) is 0 Å². The van der Waals surface area contributed by atoms with Crippen LogP contribution in [0.5, 0.6) is 0 Å². The van der Waals surface area contributed by atoms with Gasteiger partial charge in [-0.3, -0.25) is 0 Å². The predicted molar refractivity (Wildman–Crippen MR) is 154 cm³/mol. The quantitative estimate of drug-likeness (QED) is 0.412. The molecule has 0 bridgehead atoms. The second-order valence-electron chi connectivity index (χ2n) is 12.9. The third kappa shape index (κ3) is 6.09. The molecule has 4 rings (SSSR count). The van der Waals surface area contributed by atoms with Crippen LogP contribution < -0.4 is 0 Å². The lowest BCUT2D eigenvalue weighted by Crippen LogP contribution is -2.14. The van der Waals surface area contributed by atoms with E-state index in [1.165, 1.54) is 43.4 Å². The Morgan fingerprint density at radius 3 is 1.67 bits per heavy atom. The number of methoxy groups -OCH3 is 2. The molecule has 4 atom stereocenters. The maximum Gasteiger partial charge on any atom is 0.0852 e. The molecule has 4 heteroatoms. The molecule has 0 saturated carbocycles. The van der Waals surface area contributed by atoms with Crippen LogP contribution in [0, 0.1) is 11.8 Å². The Hall–Kier alpha value is -1.20. The SMILES string of the molecule is COC1c2cc(C(C)(C)C)cc(Br)c2CC1C.COC1c2cc(C(C)(C)C)cc(CCO)c2CC1C. The average molecular weight is 560 g/mol. The second kappa shape index (κ2) is 11.3. The molecule has 3 nitrogen and oxygen atoms in total. The molecule has 200 valence electrons. The number of hydrogen-bond acceptors (Lipinski definition) is 3. The molecular weight excluding hydrogens is 512 g/mol. The molecule has 0 spiro atoms. The van der Waals surface area contributed by atoms with Crippen molar-refractivity contribution in [3.8, 4) is 0 Å². The first-order valence-corrected chi connectivity index (χ1v) is 14.2. The molecule has 36 heavy (non-hydrogen) atoms. The number of aliphatic hydroxyl groups is 1. The summed E-state index contributed by atoms with van der Waals surface area (Å²) in [6, 6.07) is 9.19. The van der Waals surface area contributed by atoms with Gasteiger partial charge >= 0.3 is 0 Å². The van der Waals surface area contributed by atoms with Crippen LogP contribution in [0.4, 0.5) is 0 Å². The van der Waals surface area contributed by atoms with Crippen molar-refractivity contribution < 1.29 is 14.6 Å². The van der Waals surface area contributed by atoms with Crippen LogP contribution in [0.3, 0.4) is 0 Å². The van der Waals surface area contributed by atoms with Crippen LogP contribution in [0.25, 0.3) is 0 Å². The van der Waals surface area contributed by atoms with Crippen molar-refractivity contribution in [3.63, 3.8) is 0 Å². The van der Waals surface area contributed by atoms with Gasteiger partial charge in [0.25, 0.3) is 0 Å². The Balaban J connectivity index is 0.000000202. The number of benzene rings is 2. The van der Waals surface area contributed by atoms with Gasteiger partial charge in [-0.05, 0) is 86.9 Å². The van der Waals surface area contributed by atoms with Crippen molar-refractivity contribution >= 4 is 15.9 Å². The topological polar surface area (TPSA) is 38.7 Å². The summed E-state index contributed by atoms with van der Waals surface area (Å²) >= 11 is 3.72. The Morgan fingerprint density at radius 2 is 1.22 bits per heavy atom. The zero-order valence-corrected chi connectivity index (χ0v) is 25.7. The molecule has 2 aliphatic carbocycles. The first-order valence-electron chi connectivity index (χ1n) is 13.4. The molecule has 2 aromatic carbocycles. The molecule has 1 N–H and O–H groups in total. The minimum Gasteiger partial charge on any atom is -0.396 e. The number of hydrogen-bond donors (Lipinski definition) is 1. The lowest BCUT2D eigenvalue weighted by Gasteiger charge is -2.23. The molecule has 0 fully saturated rings. The normalized spacial score (nSPS) is 23.2. The van der Waals surface area contributed by atoms with Crippen LogP contribution >= 0.6 is 15.9 Å². The maximum atomic E-state index is 9.30. The van der Waals surface area contributed by atoms with Crippen molar-refractivity contribution in [2.75, 3.05) is 20.8 Å². The lowest BCUT2D eigenvalue weighted by molar-refractivity contribution is 0.0694. The minimum atomic E-state index is 0.128. The van der Waals surface area contributed by atoms with Crippen LogP contribution in [0.2, 0.25) is 0 Å². The summed E-state index contributed by atoms with van der Waals surface area (Å²) in [5.74, 6) is 1.09. The van der Waals surface area contributed by atoms with Crippen LogP contribution in [0.1, 0.15) is 107 Å². The van der Waals surface area contributed by atoms with Gasteiger partial charge in [0.15, 0.2) is 0 Å². The van der Waals surface area contributed by atoms with Gasteiger partial charge in [-0.1, -0.05) is 89.5 Å². The van der Waals surface area contributed by atoms with E-state index < -0.39 is 0 Å². The molecular formula is C32H47BrO3. The first-order chi connectivity index (χ1) is 16.7. The summed E-state index contributed by atoms with van der Waals surface area (Å²) < 4.78 is 12.6. The Labute approximate surface area is 228 Å². The van der Waals surface area contributed by atoms with E-state index in [-0.39, 0.29) is 29.6 Å². The first kappa shape index (κ1) is 29.4. The van der Waals surface area contributed by atoms with E-state index in [0.29, 0.717) is 11.8 Å². The van der Waals surface area contributed by atoms with E-state index in [2.05, 4.69) is 95.6 Å². The molecule has 4 unspecified atom stereocenters. The number of rotatable bonds is 4. The summed E-state index contributed by atoms with van der Waals surface area (Å²) in [6.45, 7) is 18.2. The van der Waals surface area contributed by atoms with Crippen molar-refractivity contribution in [2.45, 2.75) is 97.7 Å². The fourth-order valence-electron chi connectivity index (χ4n) is 5.79. The predicted octanol–water partition coefficient (Wildman–Crippen LogP) is 8.02. The van der Waals surface area contributed by atoms with E-state index in [0.717, 1.165) is 19.3 Å². The van der Waals surface area contributed by atoms with Crippen LogP contribution in [0.15, 0.2) is 28.7 Å². The zero-order chi connectivity index (χ0) is 27.0. The highest BCUT2D eigenvalue weighted by Gasteiger charge is 2.33. The van der Waals surface area contributed by atoms with Crippen LogP contribution in [-0.2, 0) is 39.6 Å². The third-order valence-corrected chi connectivity index (χ3v) is 8.63. The second-order valence-corrected chi connectivity index (χ2v) is 13.7. The summed E-state index contributed by atoms with van der Waals surface area (Å²) in [6.07, 6.45) is 3.38. The van der Waals surface area contributed by atoms with Crippen molar-refractivity contribution in [2.24, 2.45) is 11.8 Å². The van der Waals surface area contributed by atoms with E-state index in [1.54, 1.807) is 7.11 Å². The smallest absolute Gasteiger partial charge is 0.0852 e. The van der Waals surface area contributed by atoms with Gasteiger partial charge in [0, 0.05) is 25.3 Å². The van der Waals surface area contributed by atoms with Gasteiger partial charge in [-0.25, -0.2) is 0 Å². The van der Waals surface area contributed by atoms with Gasteiger partial charge in [-0.15, -0.1) is 0 Å². The number of fused-ring (bicyclic) bond motifs is 2. The molecule has 2 aromatic rings. The van der Waals surface area contributed by atoms with Crippen LogP contribution in [-0.4, -0.2) is 25.9 Å². The minimum absolute atomic E-state index is 0.128. The van der Waals surface area contributed by atoms with Gasteiger partial charge in [0.2, 0.25) is 0 Å². The number of aliphatic hydroxyl groups excluding tert-OH is 1. The largest absolute Gasteiger partial charge is 0.396 e. The van der Waals surface area contributed by atoms with Gasteiger partial charge < -0.3 is 14.6 Å². The third-order valence-electron chi connectivity index (χ3n) is 7.93. The van der Waals surface area contributed by atoms with E-state index in [1.807, 2.05) is 7.11 Å². The monoisotopic (exact) mass is 558 g/mol. The zero-order valence-electron chi connectivity index (χ0n) is 24.1. The van der Waals surface area contributed by atoms with Gasteiger partial charge in [0.05, 0.1) is 12.2 Å². The molecule has 0 radical (unpaired) electrons. The highest BCUT2D eigenvalue weighted by atomic mass is 79.9. The molecule has 0 amide bonds. The van der Waals surface area contributed by atoms with E-state index in [9.17, 15) is 5.11 Å². The fraction of sp³-hybridized carbons (Fsp3) is 0.625. The standard InChI is InChI=1S/C17H26O2.C15H21BrO/c1-11-8-14-12(6-7-18)9-13(17(2,3)4)10-15(14)16(11)19-5;1-9-6-11-12(14(9)17-5)7-10(8-13(11)16)15(2,3)4/h9-11,16,18H,6-8H2,1-5H3;7-9,14H,6H2,1-5H3. The molecule has 0 saturated heterocycles. The summed E-state index contributed by atoms with van der Waals surface area (Å²) in [4.78, 5) is 0.